The van der Waals surface area contributed by atoms with Crippen LogP contribution in [-0.2, 0) is 19.9 Å². The van der Waals surface area contributed by atoms with Crippen LogP contribution in [0, 0.1) is 11.7 Å². The predicted molar refractivity (Wildman–Crippen MR) is 146 cm³/mol. The van der Waals surface area contributed by atoms with Gasteiger partial charge in [0.25, 0.3) is 0 Å². The number of benzene rings is 2. The Balaban J connectivity index is 1.48. The summed E-state index contributed by atoms with van der Waals surface area (Å²) in [7, 11) is 1.64. The van der Waals surface area contributed by atoms with Gasteiger partial charge in [-0.3, -0.25) is 4.79 Å². The largest absolute Gasteiger partial charge is 0.391 e. The molecule has 7 nitrogen and oxygen atoms in total. The van der Waals surface area contributed by atoms with Gasteiger partial charge in [0.15, 0.2) is 0 Å². The van der Waals surface area contributed by atoms with Crippen molar-refractivity contribution < 1.29 is 28.9 Å². The number of aliphatic hydroxyl groups excluding tert-OH is 1. The summed E-state index contributed by atoms with van der Waals surface area (Å²) in [6.45, 7) is 1.39. The second-order valence-corrected chi connectivity index (χ2v) is 11.5. The highest BCUT2D eigenvalue weighted by Crippen LogP contribution is 2.44. The summed E-state index contributed by atoms with van der Waals surface area (Å²) in [6, 6.07) is 12.4. The minimum absolute atomic E-state index is 0.0753. The van der Waals surface area contributed by atoms with Crippen molar-refractivity contribution in [3.63, 3.8) is 0 Å². The Morgan fingerprint density at radius 2 is 2.00 bits per heavy atom. The molecule has 3 aliphatic rings. The number of ether oxygens (including phenoxy) is 2. The SMILES string of the molecule is COCCCCC(O)(c1cccc(F)c1-c1cccc(C2CC2)c1)C1CN(C(=O)C2CC(N)C(O)C2)CCO1. The number of carbonyl (C=O) groups excluding carboxylic acids is 1. The Labute approximate surface area is 230 Å². The van der Waals surface area contributed by atoms with Crippen LogP contribution in [0.25, 0.3) is 11.1 Å². The van der Waals surface area contributed by atoms with Crippen molar-refractivity contribution in [3.05, 3.63) is 59.4 Å². The first kappa shape index (κ1) is 28.2. The number of aliphatic hydroxyl groups is 2. The minimum Gasteiger partial charge on any atom is -0.391 e. The maximum absolute atomic E-state index is 15.6. The van der Waals surface area contributed by atoms with Crippen LogP contribution in [0.2, 0.25) is 0 Å². The minimum atomic E-state index is -1.54. The summed E-state index contributed by atoms with van der Waals surface area (Å²) in [6.07, 6.45) is 3.32. The van der Waals surface area contributed by atoms with E-state index in [9.17, 15) is 15.0 Å². The average Bonchev–Trinajstić information content (AvgIpc) is 3.75. The summed E-state index contributed by atoms with van der Waals surface area (Å²) in [5.74, 6) is -0.308. The Morgan fingerprint density at radius 3 is 2.72 bits per heavy atom. The van der Waals surface area contributed by atoms with Crippen LogP contribution in [0.1, 0.15) is 62.0 Å². The monoisotopic (exact) mass is 540 g/mol. The number of hydrogen-bond donors (Lipinski definition) is 3. The quantitative estimate of drug-likeness (QED) is 0.397. The van der Waals surface area contributed by atoms with Crippen LogP contribution in [0.5, 0.6) is 0 Å². The van der Waals surface area contributed by atoms with Gasteiger partial charge in [0, 0.05) is 37.8 Å². The van der Waals surface area contributed by atoms with E-state index in [-0.39, 0.29) is 25.0 Å². The molecule has 1 heterocycles. The number of nitrogens with two attached hydrogens (primary N) is 1. The molecular formula is C31H41FN2O5. The van der Waals surface area contributed by atoms with Crippen LogP contribution < -0.4 is 5.73 Å². The molecule has 5 unspecified atom stereocenters. The number of hydrogen-bond acceptors (Lipinski definition) is 6. The Bertz CT molecular complexity index is 1150. The van der Waals surface area contributed by atoms with Crippen molar-refractivity contribution in [1.29, 1.82) is 0 Å². The number of unbranched alkanes of at least 4 members (excludes halogenated alkanes) is 1. The van der Waals surface area contributed by atoms with Gasteiger partial charge in [-0.1, -0.05) is 36.4 Å². The van der Waals surface area contributed by atoms with Crippen molar-refractivity contribution >= 4 is 5.91 Å². The lowest BCUT2D eigenvalue weighted by molar-refractivity contribution is -0.167. The molecular weight excluding hydrogens is 499 g/mol. The van der Waals surface area contributed by atoms with Crippen LogP contribution in [0.3, 0.4) is 0 Å². The van der Waals surface area contributed by atoms with Gasteiger partial charge in [-0.2, -0.15) is 0 Å². The van der Waals surface area contributed by atoms with E-state index in [1.807, 2.05) is 18.2 Å². The van der Waals surface area contributed by atoms with Gasteiger partial charge in [-0.15, -0.1) is 0 Å². The van der Waals surface area contributed by atoms with Crippen LogP contribution >= 0.6 is 0 Å². The molecule has 1 aliphatic heterocycles. The molecule has 0 aromatic heterocycles. The lowest BCUT2D eigenvalue weighted by atomic mass is 9.78. The fourth-order valence-electron chi connectivity index (χ4n) is 6.30. The lowest BCUT2D eigenvalue weighted by Gasteiger charge is -2.43. The molecule has 0 spiro atoms. The number of rotatable bonds is 10. The molecule has 0 bridgehead atoms. The molecule has 3 fully saturated rings. The van der Waals surface area contributed by atoms with Crippen molar-refractivity contribution in [2.45, 2.75) is 74.7 Å². The lowest BCUT2D eigenvalue weighted by Crippen LogP contribution is -2.55. The van der Waals surface area contributed by atoms with E-state index in [0.717, 1.165) is 24.8 Å². The highest BCUT2D eigenvalue weighted by atomic mass is 19.1. The van der Waals surface area contributed by atoms with Crippen LogP contribution in [0.4, 0.5) is 4.39 Å². The molecule has 5 atom stereocenters. The third-order valence-corrected chi connectivity index (χ3v) is 8.70. The van der Waals surface area contributed by atoms with Gasteiger partial charge in [0.1, 0.15) is 17.5 Å². The fraction of sp³-hybridized carbons (Fsp3) is 0.581. The number of nitrogens with zero attached hydrogens (tertiary/aromatic N) is 1. The normalized spacial score (nSPS) is 26.9. The zero-order valence-electron chi connectivity index (χ0n) is 22.7. The van der Waals surface area contributed by atoms with Crippen LogP contribution in [-0.4, -0.2) is 72.7 Å². The van der Waals surface area contributed by atoms with Gasteiger partial charge in [-0.25, -0.2) is 4.39 Å². The Hall–Kier alpha value is -2.36. The average molecular weight is 541 g/mol. The zero-order valence-corrected chi connectivity index (χ0v) is 22.7. The van der Waals surface area contributed by atoms with E-state index >= 15 is 4.39 Å². The number of morpholine rings is 1. The molecule has 2 saturated carbocycles. The second-order valence-electron chi connectivity index (χ2n) is 11.5. The Kier molecular flexibility index (Phi) is 8.69. The van der Waals surface area contributed by atoms with E-state index in [1.54, 1.807) is 24.1 Å². The van der Waals surface area contributed by atoms with Gasteiger partial charge >= 0.3 is 0 Å². The first-order valence-corrected chi connectivity index (χ1v) is 14.3. The first-order chi connectivity index (χ1) is 18.8. The number of halogens is 1. The molecule has 1 amide bonds. The van der Waals surface area contributed by atoms with Gasteiger partial charge < -0.3 is 30.3 Å². The molecule has 2 aromatic rings. The summed E-state index contributed by atoms with van der Waals surface area (Å²) >= 11 is 0. The van der Waals surface area contributed by atoms with E-state index < -0.39 is 29.7 Å². The maximum Gasteiger partial charge on any atom is 0.226 e. The third-order valence-electron chi connectivity index (χ3n) is 8.70. The van der Waals surface area contributed by atoms with E-state index in [0.29, 0.717) is 55.9 Å². The molecule has 1 saturated heterocycles. The molecule has 0 radical (unpaired) electrons. The molecule has 4 N–H and O–H groups in total. The topological polar surface area (TPSA) is 105 Å². The van der Waals surface area contributed by atoms with Crippen molar-refractivity contribution in [3.8, 4) is 11.1 Å². The third kappa shape index (κ3) is 6.05. The van der Waals surface area contributed by atoms with E-state index in [2.05, 4.69) is 6.07 Å². The highest BCUT2D eigenvalue weighted by Gasteiger charge is 2.46. The number of amides is 1. The molecule has 8 heteroatoms. The number of carbonyl (C=O) groups is 1. The zero-order chi connectivity index (χ0) is 27.6. The van der Waals surface area contributed by atoms with Crippen molar-refractivity contribution in [2.24, 2.45) is 11.7 Å². The molecule has 2 aliphatic carbocycles. The maximum atomic E-state index is 15.6. The summed E-state index contributed by atoms with van der Waals surface area (Å²) in [4.78, 5) is 15.1. The van der Waals surface area contributed by atoms with E-state index in [1.165, 1.54) is 11.6 Å². The first-order valence-electron chi connectivity index (χ1n) is 14.3. The fourth-order valence-corrected chi connectivity index (χ4v) is 6.30. The van der Waals surface area contributed by atoms with E-state index in [4.69, 9.17) is 15.2 Å². The summed E-state index contributed by atoms with van der Waals surface area (Å²) in [5, 5.41) is 22.6. The van der Waals surface area contributed by atoms with Crippen molar-refractivity contribution in [2.75, 3.05) is 33.4 Å². The number of methoxy groups -OCH3 is 1. The summed E-state index contributed by atoms with van der Waals surface area (Å²) in [5.41, 5.74) is 7.22. The summed E-state index contributed by atoms with van der Waals surface area (Å²) < 4.78 is 27.0. The van der Waals surface area contributed by atoms with Gasteiger partial charge in [0.05, 0.1) is 19.3 Å². The highest BCUT2D eigenvalue weighted by molar-refractivity contribution is 5.79. The Morgan fingerprint density at radius 1 is 1.21 bits per heavy atom. The molecule has 212 valence electrons. The predicted octanol–water partition coefficient (Wildman–Crippen LogP) is 3.70. The molecule has 5 rings (SSSR count). The van der Waals surface area contributed by atoms with Gasteiger partial charge in [-0.05, 0) is 73.6 Å². The van der Waals surface area contributed by atoms with Gasteiger partial charge in [0.2, 0.25) is 5.91 Å². The molecule has 2 aromatic carbocycles. The smallest absolute Gasteiger partial charge is 0.226 e. The second kappa shape index (κ2) is 12.0. The molecule has 39 heavy (non-hydrogen) atoms. The van der Waals surface area contributed by atoms with Crippen molar-refractivity contribution in [1.82, 2.24) is 4.90 Å². The standard InChI is InChI=1S/C31H41FN2O5/c1-38-14-3-2-12-31(37,28-19-34(13-15-39-28)30(36)23-17-26(33)27(35)18-23)24-8-5-9-25(32)29(24)22-7-4-6-21(16-22)20-10-11-20/h4-9,16,20,23,26-28,35,37H,2-3,10-15,17-19,33H2,1H3. The van der Waals surface area contributed by atoms with Crippen LogP contribution in [0.15, 0.2) is 42.5 Å².